The van der Waals surface area contributed by atoms with E-state index in [4.69, 9.17) is 16.3 Å². The highest BCUT2D eigenvalue weighted by Crippen LogP contribution is 2.31. The molecule has 0 aromatic heterocycles. The molecule has 1 amide bonds. The number of hydrogen-bond acceptors (Lipinski definition) is 5. The fourth-order valence-electron chi connectivity index (χ4n) is 3.74. The lowest BCUT2D eigenvalue weighted by molar-refractivity contribution is -0.207. The van der Waals surface area contributed by atoms with Gasteiger partial charge in [0.15, 0.2) is 9.84 Å². The van der Waals surface area contributed by atoms with Gasteiger partial charge in [0.1, 0.15) is 0 Å². The molecule has 2 aromatic rings. The van der Waals surface area contributed by atoms with Gasteiger partial charge in [-0.2, -0.15) is 13.2 Å². The summed E-state index contributed by atoms with van der Waals surface area (Å²) in [4.78, 5) is 13.8. The Balaban J connectivity index is 0.00000408. The summed E-state index contributed by atoms with van der Waals surface area (Å²) in [6, 6.07) is 12.4. The lowest BCUT2D eigenvalue weighted by atomic mass is 9.90. The van der Waals surface area contributed by atoms with Crippen molar-refractivity contribution in [2.24, 2.45) is 0 Å². The molecule has 1 aliphatic rings. The van der Waals surface area contributed by atoms with Gasteiger partial charge in [-0.05, 0) is 67.3 Å². The number of nitrogens with zero attached hydrogens (tertiary/aromatic N) is 1. The van der Waals surface area contributed by atoms with Crippen LogP contribution < -0.4 is 5.32 Å². The Morgan fingerprint density at radius 1 is 1.24 bits per heavy atom. The Bertz CT molecular complexity index is 1080. The zero-order chi connectivity index (χ0) is 24.2. The molecule has 1 aliphatic heterocycles. The molecule has 1 N–H and O–H groups in total. The summed E-state index contributed by atoms with van der Waals surface area (Å²) in [6.07, 6.45) is -5.81. The standard InChI is InChI=1S/C22H24ClF3N2O4S.ClH/c1-33(30,31)19-6-2-4-15(12-19)16-5-3-11-28(13-16)14-20(22(24,25)26)32-21(29)27-18-9-7-17(23)8-10-18;/h2,4,6-10,12,16,20H,3,5,11,13-14H2,1H3,(H,27,29);1H/t16?,20-;/m0./s1. The number of likely N-dealkylation sites (tertiary alicyclic amines) is 1. The fourth-order valence-corrected chi connectivity index (χ4v) is 4.55. The first kappa shape index (κ1) is 28.2. The second-order valence-corrected chi connectivity index (χ2v) is 10.5. The van der Waals surface area contributed by atoms with Crippen molar-refractivity contribution < 1.29 is 31.1 Å². The second-order valence-electron chi connectivity index (χ2n) is 8.01. The van der Waals surface area contributed by atoms with Gasteiger partial charge >= 0.3 is 12.3 Å². The van der Waals surface area contributed by atoms with Crippen LogP contribution in [-0.2, 0) is 14.6 Å². The van der Waals surface area contributed by atoms with Gasteiger partial charge in [-0.1, -0.05) is 23.7 Å². The van der Waals surface area contributed by atoms with Crippen molar-refractivity contribution in [2.75, 3.05) is 31.2 Å². The molecule has 1 heterocycles. The second kappa shape index (κ2) is 11.6. The largest absolute Gasteiger partial charge is 0.435 e. The number of nitrogens with one attached hydrogen (secondary N) is 1. The van der Waals surface area contributed by atoms with Gasteiger partial charge in [-0.3, -0.25) is 10.2 Å². The van der Waals surface area contributed by atoms with Gasteiger partial charge in [0.2, 0.25) is 6.10 Å². The predicted octanol–water partition coefficient (Wildman–Crippen LogP) is 5.52. The number of benzene rings is 2. The smallest absolute Gasteiger partial charge is 0.426 e. The predicted molar refractivity (Wildman–Crippen MR) is 127 cm³/mol. The van der Waals surface area contributed by atoms with E-state index < -0.39 is 34.8 Å². The Kier molecular flexibility index (Phi) is 9.64. The number of rotatable bonds is 6. The van der Waals surface area contributed by atoms with E-state index in [0.29, 0.717) is 24.5 Å². The van der Waals surface area contributed by atoms with Crippen LogP contribution in [0, 0.1) is 0 Å². The van der Waals surface area contributed by atoms with Crippen molar-refractivity contribution in [1.29, 1.82) is 0 Å². The molecule has 1 unspecified atom stereocenters. The normalized spacial score (nSPS) is 18.0. The number of hydrogen-bond donors (Lipinski definition) is 1. The van der Waals surface area contributed by atoms with Gasteiger partial charge < -0.3 is 4.74 Å². The SMILES string of the molecule is CS(=O)(=O)c1cccc(C2CCCN(C[C@H](OC(=O)Nc3ccc(Cl)cc3)C(F)(F)F)C2)c1.Cl. The van der Waals surface area contributed by atoms with Crippen molar-refractivity contribution in [1.82, 2.24) is 4.90 Å². The van der Waals surface area contributed by atoms with E-state index in [9.17, 15) is 26.4 Å². The molecule has 2 atom stereocenters. The monoisotopic (exact) mass is 540 g/mol. The van der Waals surface area contributed by atoms with E-state index in [0.717, 1.165) is 18.2 Å². The molecule has 0 bridgehead atoms. The molecule has 1 saturated heterocycles. The third-order valence-corrected chi connectivity index (χ3v) is 6.75. The van der Waals surface area contributed by atoms with Crippen molar-refractivity contribution >= 4 is 45.6 Å². The van der Waals surface area contributed by atoms with Crippen LogP contribution in [0.4, 0.5) is 23.7 Å². The van der Waals surface area contributed by atoms with Gasteiger partial charge in [0.25, 0.3) is 0 Å². The molecule has 0 saturated carbocycles. The Morgan fingerprint density at radius 2 is 1.91 bits per heavy atom. The lowest BCUT2D eigenvalue weighted by Gasteiger charge is -2.35. The highest BCUT2D eigenvalue weighted by Gasteiger charge is 2.44. The molecule has 6 nitrogen and oxygen atoms in total. The van der Waals surface area contributed by atoms with Crippen LogP contribution in [0.15, 0.2) is 53.4 Å². The minimum absolute atomic E-state index is 0. The van der Waals surface area contributed by atoms with Crippen molar-refractivity contribution in [3.63, 3.8) is 0 Å². The molecule has 0 aliphatic carbocycles. The Labute approximate surface area is 207 Å². The third kappa shape index (κ3) is 8.04. The average molecular weight is 541 g/mol. The minimum atomic E-state index is -4.75. The zero-order valence-corrected chi connectivity index (χ0v) is 20.6. The molecule has 188 valence electrons. The first-order valence-electron chi connectivity index (χ1n) is 10.2. The van der Waals surface area contributed by atoms with Crippen LogP contribution >= 0.6 is 24.0 Å². The summed E-state index contributed by atoms with van der Waals surface area (Å²) in [5.41, 5.74) is 1.02. The molecule has 3 rings (SSSR count). The van der Waals surface area contributed by atoms with Gasteiger partial charge in [-0.25, -0.2) is 13.2 Å². The van der Waals surface area contributed by atoms with Gasteiger partial charge in [0.05, 0.1) is 4.90 Å². The van der Waals surface area contributed by atoms with Crippen LogP contribution in [-0.4, -0.2) is 57.6 Å². The summed E-state index contributed by atoms with van der Waals surface area (Å²) < 4.78 is 69.3. The maximum Gasteiger partial charge on any atom is 0.426 e. The van der Waals surface area contributed by atoms with Gasteiger partial charge in [-0.15, -0.1) is 12.4 Å². The van der Waals surface area contributed by atoms with Crippen molar-refractivity contribution in [2.45, 2.75) is 35.9 Å². The number of alkyl halides is 3. The summed E-state index contributed by atoms with van der Waals surface area (Å²) in [6.45, 7) is 0.193. The average Bonchev–Trinajstić information content (AvgIpc) is 2.74. The number of halogens is 5. The Morgan fingerprint density at radius 3 is 2.53 bits per heavy atom. The first-order valence-corrected chi connectivity index (χ1v) is 12.5. The molecular weight excluding hydrogens is 516 g/mol. The highest BCUT2D eigenvalue weighted by molar-refractivity contribution is 7.90. The maximum atomic E-state index is 13.6. The summed E-state index contributed by atoms with van der Waals surface area (Å²) in [5.74, 6) is -0.128. The molecule has 12 heteroatoms. The summed E-state index contributed by atoms with van der Waals surface area (Å²) in [7, 11) is -3.39. The quantitative estimate of drug-likeness (QED) is 0.521. The number of anilines is 1. The van der Waals surface area contributed by atoms with Crippen LogP contribution in [0.3, 0.4) is 0 Å². The number of piperidine rings is 1. The van der Waals surface area contributed by atoms with Crippen LogP contribution in [0.5, 0.6) is 0 Å². The zero-order valence-electron chi connectivity index (χ0n) is 18.2. The number of carbonyl (C=O) groups is 1. The van der Waals surface area contributed by atoms with Crippen molar-refractivity contribution in [3.05, 3.63) is 59.1 Å². The molecule has 34 heavy (non-hydrogen) atoms. The van der Waals surface area contributed by atoms with Crippen LogP contribution in [0.1, 0.15) is 24.3 Å². The summed E-state index contributed by atoms with van der Waals surface area (Å²) in [5, 5.41) is 2.69. The van der Waals surface area contributed by atoms with Crippen LogP contribution in [0.25, 0.3) is 0 Å². The topological polar surface area (TPSA) is 75.7 Å². The number of amides is 1. The number of sulfone groups is 1. The van der Waals surface area contributed by atoms with E-state index in [1.54, 1.807) is 23.1 Å². The van der Waals surface area contributed by atoms with E-state index in [1.165, 1.54) is 30.3 Å². The molecule has 0 radical (unpaired) electrons. The lowest BCUT2D eigenvalue weighted by Crippen LogP contribution is -2.47. The first-order chi connectivity index (χ1) is 15.4. The Hall–Kier alpha value is -2.01. The van der Waals surface area contributed by atoms with Crippen LogP contribution in [0.2, 0.25) is 5.02 Å². The number of ether oxygens (including phenoxy) is 1. The van der Waals surface area contributed by atoms with E-state index in [2.05, 4.69) is 5.32 Å². The van der Waals surface area contributed by atoms with E-state index in [-0.39, 0.29) is 28.9 Å². The summed E-state index contributed by atoms with van der Waals surface area (Å²) >= 11 is 5.76. The molecular formula is C22H25Cl2F3N2O4S. The third-order valence-electron chi connectivity index (χ3n) is 5.39. The molecule has 0 spiro atoms. The van der Waals surface area contributed by atoms with Gasteiger partial charge in [0, 0.05) is 30.1 Å². The van der Waals surface area contributed by atoms with E-state index in [1.807, 2.05) is 0 Å². The highest BCUT2D eigenvalue weighted by atomic mass is 35.5. The van der Waals surface area contributed by atoms with Crippen molar-refractivity contribution in [3.8, 4) is 0 Å². The number of carbonyl (C=O) groups excluding carboxylic acids is 1. The minimum Gasteiger partial charge on any atom is -0.435 e. The van der Waals surface area contributed by atoms with E-state index >= 15 is 0 Å². The molecule has 2 aromatic carbocycles. The molecule has 1 fully saturated rings. The maximum absolute atomic E-state index is 13.6. The fraction of sp³-hybridized carbons (Fsp3) is 0.409.